The van der Waals surface area contributed by atoms with Crippen LogP contribution in [0.1, 0.15) is 37.5 Å². The molecule has 0 saturated carbocycles. The van der Waals surface area contributed by atoms with Gasteiger partial charge < -0.3 is 10.6 Å². The summed E-state index contributed by atoms with van der Waals surface area (Å²) in [7, 11) is 0. The molecule has 0 atom stereocenters. The third-order valence-electron chi connectivity index (χ3n) is 4.53. The Labute approximate surface area is 181 Å². The second-order valence-corrected chi connectivity index (χ2v) is 8.16. The number of halogens is 3. The molecule has 0 heterocycles. The highest BCUT2D eigenvalue weighted by Crippen LogP contribution is 2.30. The number of carbonyl (C=O) groups is 1. The summed E-state index contributed by atoms with van der Waals surface area (Å²) in [5.74, 6) is 0. The normalized spacial score (nSPS) is 11.2. The number of amides is 1. The molecule has 2 N–H and O–H groups in total. The molecule has 0 aromatic heterocycles. The van der Waals surface area contributed by atoms with E-state index in [1.54, 1.807) is 24.3 Å². The van der Waals surface area contributed by atoms with Crippen LogP contribution in [0.3, 0.4) is 0 Å². The predicted octanol–water partition coefficient (Wildman–Crippen LogP) is 7.31. The Bertz CT molecular complexity index is 956. The van der Waals surface area contributed by atoms with Crippen LogP contribution in [0.25, 0.3) is 0 Å². The smallest absolute Gasteiger partial charge is 0.356 e. The SMILES string of the molecule is Cc1ccc(C(C)(C)C)cc1.O=CNc1ccc(Nc2ccc(C(F)(F)F)cc2)cc1. The quantitative estimate of drug-likeness (QED) is 0.428. The summed E-state index contributed by atoms with van der Waals surface area (Å²) in [5.41, 5.74) is 4.23. The van der Waals surface area contributed by atoms with Crippen LogP contribution in [0.4, 0.5) is 30.2 Å². The molecule has 0 spiro atoms. The fourth-order valence-corrected chi connectivity index (χ4v) is 2.68. The number of alkyl halides is 3. The Balaban J connectivity index is 0.000000262. The lowest BCUT2D eigenvalue weighted by molar-refractivity contribution is -0.137. The fraction of sp³-hybridized carbons (Fsp3) is 0.240. The maximum Gasteiger partial charge on any atom is 0.416 e. The van der Waals surface area contributed by atoms with Gasteiger partial charge in [-0.15, -0.1) is 0 Å². The predicted molar refractivity (Wildman–Crippen MR) is 121 cm³/mol. The molecule has 164 valence electrons. The maximum atomic E-state index is 12.4. The Hall–Kier alpha value is -3.28. The molecular weight excluding hydrogens is 401 g/mol. The fourth-order valence-electron chi connectivity index (χ4n) is 2.68. The van der Waals surface area contributed by atoms with Crippen LogP contribution in [-0.2, 0) is 16.4 Å². The van der Waals surface area contributed by atoms with Crippen molar-refractivity contribution in [3.05, 3.63) is 89.5 Å². The van der Waals surface area contributed by atoms with Gasteiger partial charge in [-0.25, -0.2) is 0 Å². The Kier molecular flexibility index (Phi) is 7.86. The summed E-state index contributed by atoms with van der Waals surface area (Å²) in [6.45, 7) is 8.82. The summed E-state index contributed by atoms with van der Waals surface area (Å²) in [6, 6.07) is 20.3. The molecule has 0 aliphatic rings. The van der Waals surface area contributed by atoms with E-state index in [9.17, 15) is 18.0 Å². The molecule has 0 radical (unpaired) electrons. The third kappa shape index (κ3) is 7.81. The van der Waals surface area contributed by atoms with E-state index in [1.807, 2.05) is 0 Å². The lowest BCUT2D eigenvalue weighted by Gasteiger charge is -2.18. The zero-order valence-electron chi connectivity index (χ0n) is 18.0. The first kappa shape index (κ1) is 24.0. The summed E-state index contributed by atoms with van der Waals surface area (Å²) in [4.78, 5) is 10.2. The number of benzene rings is 3. The van der Waals surface area contributed by atoms with Crippen LogP contribution in [0.5, 0.6) is 0 Å². The van der Waals surface area contributed by atoms with Crippen molar-refractivity contribution in [2.24, 2.45) is 0 Å². The molecule has 3 nitrogen and oxygen atoms in total. The molecule has 6 heteroatoms. The first-order valence-electron chi connectivity index (χ1n) is 9.81. The van der Waals surface area contributed by atoms with E-state index < -0.39 is 11.7 Å². The van der Waals surface area contributed by atoms with Crippen LogP contribution >= 0.6 is 0 Å². The van der Waals surface area contributed by atoms with Gasteiger partial charge in [-0.1, -0.05) is 50.6 Å². The minimum atomic E-state index is -4.33. The van der Waals surface area contributed by atoms with E-state index in [-0.39, 0.29) is 5.41 Å². The zero-order valence-corrected chi connectivity index (χ0v) is 18.0. The number of nitrogens with one attached hydrogen (secondary N) is 2. The topological polar surface area (TPSA) is 41.1 Å². The Morgan fingerprint density at radius 3 is 1.52 bits per heavy atom. The van der Waals surface area contributed by atoms with Gasteiger partial charge in [-0.2, -0.15) is 13.2 Å². The molecule has 0 unspecified atom stereocenters. The van der Waals surface area contributed by atoms with Crippen LogP contribution in [0.2, 0.25) is 0 Å². The molecule has 0 aliphatic carbocycles. The lowest BCUT2D eigenvalue weighted by Crippen LogP contribution is -2.10. The van der Waals surface area contributed by atoms with Crippen LogP contribution < -0.4 is 10.6 Å². The van der Waals surface area contributed by atoms with Crippen molar-refractivity contribution in [2.45, 2.75) is 39.3 Å². The highest BCUT2D eigenvalue weighted by atomic mass is 19.4. The number of hydrogen-bond donors (Lipinski definition) is 2. The molecule has 0 saturated heterocycles. The zero-order chi connectivity index (χ0) is 23.1. The monoisotopic (exact) mass is 428 g/mol. The molecule has 31 heavy (non-hydrogen) atoms. The molecule has 3 aromatic rings. The van der Waals surface area contributed by atoms with Crippen molar-refractivity contribution in [1.82, 2.24) is 0 Å². The lowest BCUT2D eigenvalue weighted by atomic mass is 9.87. The minimum absolute atomic E-state index is 0.285. The molecule has 1 amide bonds. The van der Waals surface area contributed by atoms with E-state index in [2.05, 4.69) is 62.6 Å². The standard InChI is InChI=1S/C14H11F3N2O.C11H16/c15-14(16,17)10-1-3-12(4-2-10)19-13-7-5-11(6-8-13)18-9-20;1-9-5-7-10(8-6-9)11(2,3)4/h1-9,19H,(H,18,20);5-8H,1-4H3. The molecule has 0 bridgehead atoms. The third-order valence-corrected chi connectivity index (χ3v) is 4.53. The average Bonchev–Trinajstić information content (AvgIpc) is 2.70. The number of aryl methyl sites for hydroxylation is 1. The van der Waals surface area contributed by atoms with Gasteiger partial charge in [0, 0.05) is 17.1 Å². The molecule has 0 fully saturated rings. The van der Waals surface area contributed by atoms with Crippen molar-refractivity contribution in [1.29, 1.82) is 0 Å². The van der Waals surface area contributed by atoms with Crippen molar-refractivity contribution < 1.29 is 18.0 Å². The number of carbonyl (C=O) groups excluding carboxylic acids is 1. The molecular formula is C25H27F3N2O. The average molecular weight is 428 g/mol. The first-order valence-corrected chi connectivity index (χ1v) is 9.81. The highest BCUT2D eigenvalue weighted by Gasteiger charge is 2.29. The van der Waals surface area contributed by atoms with Gasteiger partial charge in [-0.3, -0.25) is 4.79 Å². The summed E-state index contributed by atoms with van der Waals surface area (Å²) < 4.78 is 37.2. The van der Waals surface area contributed by atoms with Gasteiger partial charge in [0.25, 0.3) is 0 Å². The van der Waals surface area contributed by atoms with Crippen LogP contribution in [0.15, 0.2) is 72.8 Å². The summed E-state index contributed by atoms with van der Waals surface area (Å²) >= 11 is 0. The second kappa shape index (κ2) is 10.2. The minimum Gasteiger partial charge on any atom is -0.356 e. The van der Waals surface area contributed by atoms with Gasteiger partial charge in [0.05, 0.1) is 5.56 Å². The first-order chi connectivity index (χ1) is 14.5. The second-order valence-electron chi connectivity index (χ2n) is 8.16. The largest absolute Gasteiger partial charge is 0.416 e. The van der Waals surface area contributed by atoms with E-state index in [1.165, 1.54) is 23.3 Å². The van der Waals surface area contributed by atoms with Crippen molar-refractivity contribution in [3.8, 4) is 0 Å². The van der Waals surface area contributed by atoms with Gasteiger partial charge in [-0.05, 0) is 66.4 Å². The van der Waals surface area contributed by atoms with Crippen molar-refractivity contribution >= 4 is 23.5 Å². The van der Waals surface area contributed by atoms with Gasteiger partial charge in [0.1, 0.15) is 0 Å². The molecule has 0 aliphatic heterocycles. The number of rotatable bonds is 4. The maximum absolute atomic E-state index is 12.4. The Morgan fingerprint density at radius 2 is 1.10 bits per heavy atom. The van der Waals surface area contributed by atoms with E-state index >= 15 is 0 Å². The van der Waals surface area contributed by atoms with Crippen molar-refractivity contribution in [2.75, 3.05) is 10.6 Å². The Morgan fingerprint density at radius 1 is 0.677 bits per heavy atom. The van der Waals surface area contributed by atoms with Crippen LogP contribution in [0, 0.1) is 6.92 Å². The van der Waals surface area contributed by atoms with E-state index in [4.69, 9.17) is 0 Å². The van der Waals surface area contributed by atoms with E-state index in [0.717, 1.165) is 12.1 Å². The highest BCUT2D eigenvalue weighted by molar-refractivity contribution is 5.72. The number of anilines is 3. The number of hydrogen-bond acceptors (Lipinski definition) is 2. The van der Waals surface area contributed by atoms with E-state index in [0.29, 0.717) is 23.5 Å². The van der Waals surface area contributed by atoms with Crippen LogP contribution in [-0.4, -0.2) is 6.41 Å². The van der Waals surface area contributed by atoms with Gasteiger partial charge >= 0.3 is 6.18 Å². The van der Waals surface area contributed by atoms with Gasteiger partial charge in [0.15, 0.2) is 0 Å². The molecule has 3 aromatic carbocycles. The van der Waals surface area contributed by atoms with Crippen molar-refractivity contribution in [3.63, 3.8) is 0 Å². The van der Waals surface area contributed by atoms with Gasteiger partial charge in [0.2, 0.25) is 6.41 Å². The molecule has 3 rings (SSSR count). The summed E-state index contributed by atoms with van der Waals surface area (Å²) in [6.07, 6.45) is -3.76. The summed E-state index contributed by atoms with van der Waals surface area (Å²) in [5, 5.41) is 5.46.